The summed E-state index contributed by atoms with van der Waals surface area (Å²) in [5.74, 6) is 1.08. The van der Waals surface area contributed by atoms with Crippen molar-refractivity contribution < 1.29 is 9.42 Å². The van der Waals surface area contributed by atoms with Gasteiger partial charge in [0.05, 0.1) is 12.1 Å². The highest BCUT2D eigenvalue weighted by Crippen LogP contribution is 2.70. The SMILES string of the molecule is C=CC[C@H](C)[P+]1([O-])O[C@@H]2C[C@H](C)CC[C@H]2C(C)(C)N1Cc1ccccc1. The Balaban J connectivity index is 1.98. The Bertz CT molecular complexity index is 620. The Morgan fingerprint density at radius 3 is 2.69 bits per heavy atom. The quantitative estimate of drug-likeness (QED) is 0.525. The molecule has 1 heterocycles. The standard InChI is InChI=1S/C22H34NO2P/c1-6-10-18(3)26(24)23(16-19-11-8-7-9-12-19)22(4,5)20-14-13-17(2)15-21(20)25-26/h6-9,11-12,17-18,20-21H,1,10,13-16H2,2-5H3/t17-,18+,20-,21-,26?/m1/s1. The molecule has 1 aromatic rings. The maximum Gasteiger partial charge on any atom is 0.177 e. The summed E-state index contributed by atoms with van der Waals surface area (Å²) in [6, 6.07) is 10.4. The Labute approximate surface area is 160 Å². The summed E-state index contributed by atoms with van der Waals surface area (Å²) in [5, 5.41) is 0. The highest BCUT2D eigenvalue weighted by molar-refractivity contribution is 7.62. The minimum atomic E-state index is -2.97. The van der Waals surface area contributed by atoms with E-state index in [2.05, 4.69) is 63.2 Å². The molecule has 1 saturated heterocycles. The van der Waals surface area contributed by atoms with E-state index in [0.717, 1.165) is 12.8 Å². The maximum absolute atomic E-state index is 14.3. The third-order valence-electron chi connectivity index (χ3n) is 6.49. The number of benzene rings is 1. The molecule has 0 bridgehead atoms. The number of rotatable bonds is 5. The summed E-state index contributed by atoms with van der Waals surface area (Å²) in [4.78, 5) is 14.3. The van der Waals surface area contributed by atoms with E-state index in [1.807, 2.05) is 12.1 Å². The van der Waals surface area contributed by atoms with Crippen LogP contribution in [0, 0.1) is 11.8 Å². The predicted octanol–water partition coefficient (Wildman–Crippen LogP) is 5.19. The molecule has 0 radical (unpaired) electrons. The number of hydrogen-bond acceptors (Lipinski definition) is 3. The lowest BCUT2D eigenvalue weighted by Crippen LogP contribution is -2.62. The molecule has 1 aliphatic heterocycles. The molecule has 2 aliphatic rings. The number of nitrogens with zero attached hydrogens (tertiary/aromatic N) is 1. The lowest BCUT2D eigenvalue weighted by Gasteiger charge is -2.59. The van der Waals surface area contributed by atoms with Gasteiger partial charge in [-0.15, -0.1) is 11.2 Å². The average Bonchev–Trinajstić information content (AvgIpc) is 2.59. The fourth-order valence-electron chi connectivity index (χ4n) is 4.83. The van der Waals surface area contributed by atoms with Crippen molar-refractivity contribution in [3.63, 3.8) is 0 Å². The van der Waals surface area contributed by atoms with E-state index in [4.69, 9.17) is 4.52 Å². The zero-order valence-electron chi connectivity index (χ0n) is 16.7. The number of allylic oxidation sites excluding steroid dienone is 1. The van der Waals surface area contributed by atoms with Crippen molar-refractivity contribution in [1.29, 1.82) is 0 Å². The number of hydrogen-bond donors (Lipinski definition) is 0. The molecule has 2 fully saturated rings. The van der Waals surface area contributed by atoms with Crippen LogP contribution >= 0.6 is 7.87 Å². The topological polar surface area (TPSA) is 35.5 Å². The monoisotopic (exact) mass is 375 g/mol. The molecule has 0 amide bonds. The van der Waals surface area contributed by atoms with Gasteiger partial charge in [0.2, 0.25) is 0 Å². The van der Waals surface area contributed by atoms with Crippen LogP contribution in [0.2, 0.25) is 0 Å². The zero-order valence-corrected chi connectivity index (χ0v) is 17.6. The summed E-state index contributed by atoms with van der Waals surface area (Å²) >= 11 is 0. The predicted molar refractivity (Wildman–Crippen MR) is 109 cm³/mol. The van der Waals surface area contributed by atoms with Crippen LogP contribution in [0.25, 0.3) is 0 Å². The molecule has 1 aromatic carbocycles. The molecular formula is C22H34NO2P. The molecule has 0 N–H and O–H groups in total. The third-order valence-corrected chi connectivity index (χ3v) is 9.72. The normalized spacial score (nSPS) is 35.5. The van der Waals surface area contributed by atoms with Gasteiger partial charge in [0.1, 0.15) is 11.8 Å². The first kappa shape index (κ1) is 20.0. The molecule has 1 saturated carbocycles. The zero-order chi connectivity index (χ0) is 18.9. The summed E-state index contributed by atoms with van der Waals surface area (Å²) in [6.45, 7) is 13.4. The first-order chi connectivity index (χ1) is 12.3. The molecule has 3 rings (SSSR count). The van der Waals surface area contributed by atoms with Gasteiger partial charge < -0.3 is 4.89 Å². The van der Waals surface area contributed by atoms with Crippen LogP contribution in [-0.4, -0.2) is 22.0 Å². The summed E-state index contributed by atoms with van der Waals surface area (Å²) in [7, 11) is -2.97. The van der Waals surface area contributed by atoms with Crippen molar-refractivity contribution >= 4 is 7.87 Å². The van der Waals surface area contributed by atoms with Crippen LogP contribution < -0.4 is 4.89 Å². The molecule has 1 unspecified atom stereocenters. The van der Waals surface area contributed by atoms with E-state index in [0.29, 0.717) is 24.8 Å². The van der Waals surface area contributed by atoms with Crippen molar-refractivity contribution in [3.05, 3.63) is 48.6 Å². The van der Waals surface area contributed by atoms with Crippen molar-refractivity contribution in [3.8, 4) is 0 Å². The van der Waals surface area contributed by atoms with Crippen LogP contribution in [0.1, 0.15) is 58.9 Å². The van der Waals surface area contributed by atoms with Gasteiger partial charge in [-0.1, -0.05) is 49.8 Å². The van der Waals surface area contributed by atoms with Gasteiger partial charge in [0, 0.05) is 12.3 Å². The largest absolute Gasteiger partial charge is 0.641 e. The Morgan fingerprint density at radius 2 is 2.04 bits per heavy atom. The lowest BCUT2D eigenvalue weighted by molar-refractivity contribution is -0.239. The second kappa shape index (κ2) is 7.72. The van der Waals surface area contributed by atoms with E-state index >= 15 is 0 Å². The molecule has 144 valence electrons. The summed E-state index contributed by atoms with van der Waals surface area (Å²) in [5.41, 5.74) is 1.00. The molecule has 4 heteroatoms. The van der Waals surface area contributed by atoms with E-state index in [1.54, 1.807) is 0 Å². The molecule has 0 aromatic heterocycles. The summed E-state index contributed by atoms with van der Waals surface area (Å²) < 4.78 is 8.73. The lowest BCUT2D eigenvalue weighted by atomic mass is 9.71. The highest BCUT2D eigenvalue weighted by Gasteiger charge is 2.60. The second-order valence-corrected chi connectivity index (χ2v) is 11.5. The van der Waals surface area contributed by atoms with E-state index in [-0.39, 0.29) is 17.3 Å². The van der Waals surface area contributed by atoms with Gasteiger partial charge in [-0.05, 0) is 45.1 Å². The fourth-order valence-corrected chi connectivity index (χ4v) is 7.89. The van der Waals surface area contributed by atoms with Crippen LogP contribution in [0.15, 0.2) is 43.0 Å². The van der Waals surface area contributed by atoms with Crippen molar-refractivity contribution in [2.75, 3.05) is 0 Å². The van der Waals surface area contributed by atoms with Crippen molar-refractivity contribution in [1.82, 2.24) is 4.67 Å². The van der Waals surface area contributed by atoms with Gasteiger partial charge in [-0.2, -0.15) is 0 Å². The first-order valence-electron chi connectivity index (χ1n) is 10.00. The number of fused-ring (bicyclic) bond motifs is 1. The van der Waals surface area contributed by atoms with Gasteiger partial charge in [0.25, 0.3) is 0 Å². The van der Waals surface area contributed by atoms with Crippen molar-refractivity contribution in [2.45, 2.75) is 77.2 Å². The fraction of sp³-hybridized carbons (Fsp3) is 0.636. The van der Waals surface area contributed by atoms with Crippen LogP contribution in [0.5, 0.6) is 0 Å². The Kier molecular flexibility index (Phi) is 5.94. The maximum atomic E-state index is 14.3. The van der Waals surface area contributed by atoms with Crippen LogP contribution in [0.4, 0.5) is 0 Å². The minimum Gasteiger partial charge on any atom is -0.641 e. The molecule has 1 aliphatic carbocycles. The van der Waals surface area contributed by atoms with Crippen LogP contribution in [-0.2, 0) is 11.1 Å². The molecule has 5 atom stereocenters. The minimum absolute atomic E-state index is 0.0406. The van der Waals surface area contributed by atoms with E-state index in [9.17, 15) is 4.89 Å². The van der Waals surface area contributed by atoms with E-state index < -0.39 is 7.87 Å². The van der Waals surface area contributed by atoms with Gasteiger partial charge in [-0.3, -0.25) is 0 Å². The Morgan fingerprint density at radius 1 is 1.35 bits per heavy atom. The van der Waals surface area contributed by atoms with Gasteiger partial charge in [0.15, 0.2) is 7.87 Å². The molecule has 3 nitrogen and oxygen atoms in total. The summed E-state index contributed by atoms with van der Waals surface area (Å²) in [6.07, 6.45) is 6.11. The molecular weight excluding hydrogens is 341 g/mol. The van der Waals surface area contributed by atoms with Crippen molar-refractivity contribution in [2.24, 2.45) is 11.8 Å². The molecule has 0 spiro atoms. The van der Waals surface area contributed by atoms with E-state index in [1.165, 1.54) is 12.0 Å². The van der Waals surface area contributed by atoms with Gasteiger partial charge >= 0.3 is 0 Å². The van der Waals surface area contributed by atoms with Crippen LogP contribution in [0.3, 0.4) is 0 Å². The second-order valence-electron chi connectivity index (χ2n) is 8.80. The average molecular weight is 375 g/mol. The smallest absolute Gasteiger partial charge is 0.177 e. The highest BCUT2D eigenvalue weighted by atomic mass is 31.2. The Hall–Kier alpha value is -0.730. The first-order valence-corrected chi connectivity index (χ1v) is 11.6. The third kappa shape index (κ3) is 3.64. The van der Waals surface area contributed by atoms with Gasteiger partial charge in [-0.25, -0.2) is 4.52 Å². The molecule has 26 heavy (non-hydrogen) atoms.